The van der Waals surface area contributed by atoms with Gasteiger partial charge >= 0.3 is 0 Å². The molecule has 3 rings (SSSR count). The van der Waals surface area contributed by atoms with Gasteiger partial charge in [-0.25, -0.2) is 4.39 Å². The van der Waals surface area contributed by atoms with E-state index in [0.29, 0.717) is 17.0 Å². The molecule has 102 valence electrons. The third kappa shape index (κ3) is 2.42. The fourth-order valence-corrected chi connectivity index (χ4v) is 2.95. The smallest absolute Gasteiger partial charge is 0.194 e. The molecule has 0 saturated heterocycles. The Morgan fingerprint density at radius 2 is 1.90 bits per heavy atom. The third-order valence-electron chi connectivity index (χ3n) is 3.92. The van der Waals surface area contributed by atoms with Crippen LogP contribution in [0.2, 0.25) is 0 Å². The monoisotopic (exact) mass is 332 g/mol. The summed E-state index contributed by atoms with van der Waals surface area (Å²) in [5.41, 5.74) is 2.21. The standard InChI is InChI=1S/C17H14BrFO/c18-16-14(8-3-9-15(16)19)17(20)13-7-2-6-12(10-13)11-4-1-5-11/h2-3,6-11H,1,4-5H2. The number of rotatable bonds is 3. The molecule has 0 aliphatic heterocycles. The molecule has 1 nitrogen and oxygen atoms in total. The van der Waals surface area contributed by atoms with Crippen LogP contribution in [0.5, 0.6) is 0 Å². The molecule has 1 saturated carbocycles. The van der Waals surface area contributed by atoms with Crippen LogP contribution in [-0.4, -0.2) is 5.78 Å². The first kappa shape index (κ1) is 13.5. The lowest BCUT2D eigenvalue weighted by Gasteiger charge is -2.26. The molecule has 2 aromatic carbocycles. The van der Waals surface area contributed by atoms with Crippen LogP contribution in [0.15, 0.2) is 46.9 Å². The zero-order chi connectivity index (χ0) is 14.1. The lowest BCUT2D eigenvalue weighted by atomic mass is 9.79. The van der Waals surface area contributed by atoms with Crippen LogP contribution >= 0.6 is 15.9 Å². The highest BCUT2D eigenvalue weighted by Crippen LogP contribution is 2.36. The molecule has 1 aliphatic carbocycles. The minimum absolute atomic E-state index is 0.141. The van der Waals surface area contributed by atoms with Crippen molar-refractivity contribution in [2.75, 3.05) is 0 Å². The highest BCUT2D eigenvalue weighted by Gasteiger charge is 2.21. The zero-order valence-corrected chi connectivity index (χ0v) is 12.5. The van der Waals surface area contributed by atoms with Crippen LogP contribution in [0.3, 0.4) is 0 Å². The van der Waals surface area contributed by atoms with E-state index < -0.39 is 5.82 Å². The molecule has 0 spiro atoms. The Morgan fingerprint density at radius 3 is 2.60 bits per heavy atom. The van der Waals surface area contributed by atoms with Crippen molar-refractivity contribution in [3.63, 3.8) is 0 Å². The summed E-state index contributed by atoms with van der Waals surface area (Å²) in [5, 5.41) is 0. The molecule has 0 heterocycles. The van der Waals surface area contributed by atoms with Crippen molar-refractivity contribution in [3.8, 4) is 0 Å². The minimum Gasteiger partial charge on any atom is -0.289 e. The molecule has 0 aromatic heterocycles. The van der Waals surface area contributed by atoms with Crippen LogP contribution in [0.1, 0.15) is 46.7 Å². The van der Waals surface area contributed by atoms with E-state index in [0.717, 1.165) is 0 Å². The summed E-state index contributed by atoms with van der Waals surface area (Å²) in [6.07, 6.45) is 3.65. The van der Waals surface area contributed by atoms with Crippen LogP contribution in [0.25, 0.3) is 0 Å². The highest BCUT2D eigenvalue weighted by atomic mass is 79.9. The average molecular weight is 333 g/mol. The molecule has 1 fully saturated rings. The van der Waals surface area contributed by atoms with E-state index in [2.05, 4.69) is 22.0 Å². The van der Waals surface area contributed by atoms with E-state index in [-0.39, 0.29) is 10.3 Å². The number of halogens is 2. The molecular weight excluding hydrogens is 319 g/mol. The second-order valence-electron chi connectivity index (χ2n) is 5.18. The first-order chi connectivity index (χ1) is 9.66. The Balaban J connectivity index is 1.95. The normalized spacial score (nSPS) is 14.9. The molecule has 0 atom stereocenters. The molecular formula is C17H14BrFO. The van der Waals surface area contributed by atoms with Crippen molar-refractivity contribution in [1.82, 2.24) is 0 Å². The van der Waals surface area contributed by atoms with Gasteiger partial charge in [0.2, 0.25) is 0 Å². The van der Waals surface area contributed by atoms with Crippen LogP contribution < -0.4 is 0 Å². The fraction of sp³-hybridized carbons (Fsp3) is 0.235. The summed E-state index contributed by atoms with van der Waals surface area (Å²) in [4.78, 5) is 12.5. The molecule has 0 amide bonds. The molecule has 0 unspecified atom stereocenters. The Hall–Kier alpha value is -1.48. The van der Waals surface area contributed by atoms with E-state index in [9.17, 15) is 9.18 Å². The predicted octanol–water partition coefficient (Wildman–Crippen LogP) is 5.09. The molecule has 20 heavy (non-hydrogen) atoms. The second-order valence-corrected chi connectivity index (χ2v) is 5.98. The molecule has 0 bridgehead atoms. The largest absolute Gasteiger partial charge is 0.289 e. The first-order valence-electron chi connectivity index (χ1n) is 6.75. The van der Waals surface area contributed by atoms with Gasteiger partial charge in [-0.1, -0.05) is 30.7 Å². The number of ketones is 1. The van der Waals surface area contributed by atoms with Crippen molar-refractivity contribution < 1.29 is 9.18 Å². The van der Waals surface area contributed by atoms with Gasteiger partial charge in [-0.3, -0.25) is 4.79 Å². The predicted molar refractivity (Wildman–Crippen MR) is 80.6 cm³/mol. The first-order valence-corrected chi connectivity index (χ1v) is 7.55. The van der Waals surface area contributed by atoms with E-state index in [4.69, 9.17) is 0 Å². The topological polar surface area (TPSA) is 17.1 Å². The van der Waals surface area contributed by atoms with Crippen LogP contribution in [0, 0.1) is 5.82 Å². The van der Waals surface area contributed by atoms with Gasteiger partial charge < -0.3 is 0 Å². The number of benzene rings is 2. The van der Waals surface area contributed by atoms with E-state index in [1.807, 2.05) is 12.1 Å². The maximum atomic E-state index is 13.5. The van der Waals surface area contributed by atoms with Crippen molar-refractivity contribution in [2.45, 2.75) is 25.2 Å². The van der Waals surface area contributed by atoms with Gasteiger partial charge in [0.1, 0.15) is 5.82 Å². The lowest BCUT2D eigenvalue weighted by molar-refractivity contribution is 0.103. The highest BCUT2D eigenvalue weighted by molar-refractivity contribution is 9.10. The van der Waals surface area contributed by atoms with Crippen molar-refractivity contribution >= 4 is 21.7 Å². The number of hydrogen-bond acceptors (Lipinski definition) is 1. The SMILES string of the molecule is O=C(c1cccc(C2CCC2)c1)c1cccc(F)c1Br. The Labute approximate surface area is 126 Å². The number of carbonyl (C=O) groups excluding carboxylic acids is 1. The zero-order valence-electron chi connectivity index (χ0n) is 10.9. The van der Waals surface area contributed by atoms with Gasteiger partial charge in [0, 0.05) is 11.1 Å². The van der Waals surface area contributed by atoms with Crippen molar-refractivity contribution in [1.29, 1.82) is 0 Å². The summed E-state index contributed by atoms with van der Waals surface area (Å²) < 4.78 is 13.8. The van der Waals surface area contributed by atoms with Gasteiger partial charge in [0.15, 0.2) is 5.78 Å². The fourth-order valence-electron chi connectivity index (χ4n) is 2.51. The molecule has 0 radical (unpaired) electrons. The Morgan fingerprint density at radius 1 is 1.15 bits per heavy atom. The van der Waals surface area contributed by atoms with E-state index in [1.165, 1.54) is 30.9 Å². The molecule has 3 heteroatoms. The van der Waals surface area contributed by atoms with E-state index in [1.54, 1.807) is 18.2 Å². The van der Waals surface area contributed by atoms with Gasteiger partial charge in [-0.2, -0.15) is 0 Å². The quantitative estimate of drug-likeness (QED) is 0.716. The summed E-state index contributed by atoms with van der Waals surface area (Å²) in [6.45, 7) is 0. The minimum atomic E-state index is -0.411. The van der Waals surface area contributed by atoms with Gasteiger partial charge in [0.05, 0.1) is 4.47 Å². The summed E-state index contributed by atoms with van der Waals surface area (Å²) in [5.74, 6) is 0.0299. The summed E-state index contributed by atoms with van der Waals surface area (Å²) in [7, 11) is 0. The number of hydrogen-bond donors (Lipinski definition) is 0. The van der Waals surface area contributed by atoms with Gasteiger partial charge in [-0.15, -0.1) is 0 Å². The number of carbonyl (C=O) groups is 1. The van der Waals surface area contributed by atoms with Crippen LogP contribution in [0.4, 0.5) is 4.39 Å². The van der Waals surface area contributed by atoms with Gasteiger partial charge in [-0.05, 0) is 58.5 Å². The maximum absolute atomic E-state index is 13.5. The summed E-state index contributed by atoms with van der Waals surface area (Å²) >= 11 is 3.15. The maximum Gasteiger partial charge on any atom is 0.194 e. The van der Waals surface area contributed by atoms with Crippen LogP contribution in [-0.2, 0) is 0 Å². The Kier molecular flexibility index (Phi) is 3.70. The Bertz CT molecular complexity index is 662. The molecule has 1 aliphatic rings. The summed E-state index contributed by atoms with van der Waals surface area (Å²) in [6, 6.07) is 12.3. The lowest BCUT2D eigenvalue weighted by Crippen LogP contribution is -2.10. The van der Waals surface area contributed by atoms with E-state index >= 15 is 0 Å². The van der Waals surface area contributed by atoms with Crippen molar-refractivity contribution in [2.24, 2.45) is 0 Å². The average Bonchev–Trinajstić information content (AvgIpc) is 2.40. The molecule has 0 N–H and O–H groups in total. The second kappa shape index (κ2) is 5.49. The molecule has 2 aromatic rings. The van der Waals surface area contributed by atoms with Gasteiger partial charge in [0.25, 0.3) is 0 Å². The third-order valence-corrected chi connectivity index (χ3v) is 4.73. The van der Waals surface area contributed by atoms with Crippen molar-refractivity contribution in [3.05, 3.63) is 69.4 Å².